The molecule has 0 bridgehead atoms. The topological polar surface area (TPSA) is 21.2 Å². The van der Waals surface area contributed by atoms with Crippen molar-refractivity contribution in [2.75, 3.05) is 0 Å². The van der Waals surface area contributed by atoms with E-state index in [1.54, 1.807) is 16.0 Å². The molecule has 3 nitrogen and oxygen atoms in total. The summed E-state index contributed by atoms with van der Waals surface area (Å²) in [4.78, 5) is 1.18. The Bertz CT molecular complexity index is 293. The van der Waals surface area contributed by atoms with Crippen molar-refractivity contribution < 1.29 is 4.68 Å². The zero-order chi connectivity index (χ0) is 6.27. The first-order valence-corrected chi connectivity index (χ1v) is 3.53. The van der Waals surface area contributed by atoms with Crippen molar-refractivity contribution in [1.82, 2.24) is 9.73 Å². The van der Waals surface area contributed by atoms with Gasteiger partial charge in [0.1, 0.15) is 13.2 Å². The fourth-order valence-electron chi connectivity index (χ4n) is 0.786. The number of aromatic nitrogens is 3. The number of fused-ring (bicyclic) bond motifs is 1. The lowest BCUT2D eigenvalue weighted by Gasteiger charge is -1.66. The van der Waals surface area contributed by atoms with Gasteiger partial charge in [-0.15, -0.1) is 4.68 Å². The van der Waals surface area contributed by atoms with Crippen LogP contribution in [0.15, 0.2) is 17.8 Å². The van der Waals surface area contributed by atoms with E-state index in [9.17, 15) is 0 Å². The largest absolute Gasteiger partial charge is 0.250 e. The van der Waals surface area contributed by atoms with E-state index in [1.165, 1.54) is 4.83 Å². The van der Waals surface area contributed by atoms with E-state index >= 15 is 0 Å². The zero-order valence-corrected chi connectivity index (χ0v) is 5.80. The Morgan fingerprint density at radius 2 is 2.67 bits per heavy atom. The second-order valence-corrected chi connectivity index (χ2v) is 2.80. The molecule has 0 radical (unpaired) electrons. The molecule has 0 spiro atoms. The Hall–Kier alpha value is -0.900. The van der Waals surface area contributed by atoms with Gasteiger partial charge in [0.25, 0.3) is 4.83 Å². The second kappa shape index (κ2) is 1.54. The van der Waals surface area contributed by atoms with E-state index < -0.39 is 0 Å². The molecule has 0 aliphatic carbocycles. The molecule has 2 rings (SSSR count). The normalized spacial score (nSPS) is 10.8. The van der Waals surface area contributed by atoms with E-state index in [0.717, 1.165) is 0 Å². The molecular weight excluding hydrogens is 134 g/mol. The maximum Gasteiger partial charge on any atom is 0.250 e. The first-order valence-electron chi connectivity index (χ1n) is 2.65. The molecule has 2 aromatic rings. The highest BCUT2D eigenvalue weighted by Crippen LogP contribution is 2.05. The van der Waals surface area contributed by atoms with Crippen molar-refractivity contribution in [2.45, 2.75) is 0 Å². The van der Waals surface area contributed by atoms with Crippen LogP contribution in [0.25, 0.3) is 4.83 Å². The Morgan fingerprint density at radius 3 is 3.44 bits per heavy atom. The molecule has 0 aliphatic heterocycles. The van der Waals surface area contributed by atoms with Crippen LogP contribution >= 0.6 is 11.3 Å². The molecule has 0 saturated heterocycles. The number of aryl methyl sites for hydroxylation is 1. The van der Waals surface area contributed by atoms with E-state index in [1.807, 2.05) is 29.3 Å². The number of hydrogen-bond acceptors (Lipinski definition) is 2. The van der Waals surface area contributed by atoms with E-state index in [-0.39, 0.29) is 0 Å². The summed E-state index contributed by atoms with van der Waals surface area (Å²) in [5.41, 5.74) is 0. The third-order valence-corrected chi connectivity index (χ3v) is 1.94. The maximum absolute atomic E-state index is 4.12. The summed E-state index contributed by atoms with van der Waals surface area (Å²) < 4.78 is 3.65. The third-order valence-electron chi connectivity index (χ3n) is 1.15. The van der Waals surface area contributed by atoms with Gasteiger partial charge in [0, 0.05) is 5.38 Å². The second-order valence-electron chi connectivity index (χ2n) is 1.88. The van der Waals surface area contributed by atoms with Gasteiger partial charge in [-0.1, -0.05) is 15.9 Å². The van der Waals surface area contributed by atoms with E-state index in [4.69, 9.17) is 0 Å². The molecule has 0 atom stereocenters. The lowest BCUT2D eigenvalue weighted by Crippen LogP contribution is -2.29. The predicted octanol–water partition coefficient (Wildman–Crippen LogP) is 0.220. The van der Waals surface area contributed by atoms with Crippen LogP contribution in [0.5, 0.6) is 0 Å². The number of thiazole rings is 1. The quantitative estimate of drug-likeness (QED) is 0.480. The monoisotopic (exact) mass is 140 g/mol. The van der Waals surface area contributed by atoms with Crippen molar-refractivity contribution in [2.24, 2.45) is 7.05 Å². The molecule has 0 amide bonds. The fourth-order valence-corrected chi connectivity index (χ4v) is 1.52. The third kappa shape index (κ3) is 0.632. The summed E-state index contributed by atoms with van der Waals surface area (Å²) in [6.07, 6.45) is 3.94. The highest BCUT2D eigenvalue weighted by atomic mass is 32.1. The lowest BCUT2D eigenvalue weighted by atomic mass is 10.9. The van der Waals surface area contributed by atoms with E-state index in [0.29, 0.717) is 0 Å². The molecule has 0 unspecified atom stereocenters. The first kappa shape index (κ1) is 4.93. The van der Waals surface area contributed by atoms with Crippen LogP contribution in [0.3, 0.4) is 0 Å². The molecule has 0 aromatic carbocycles. The molecule has 0 fully saturated rings. The molecule has 0 aliphatic rings. The average Bonchev–Trinajstić information content (AvgIpc) is 2.22. The molecule has 0 saturated carbocycles. The van der Waals surface area contributed by atoms with Crippen LogP contribution < -0.4 is 4.68 Å². The summed E-state index contributed by atoms with van der Waals surface area (Å²) in [6.45, 7) is 0. The van der Waals surface area contributed by atoms with Crippen LogP contribution in [-0.2, 0) is 7.05 Å². The molecule has 2 heterocycles. The predicted molar refractivity (Wildman–Crippen MR) is 34.2 cm³/mol. The van der Waals surface area contributed by atoms with Crippen LogP contribution in [0.4, 0.5) is 0 Å². The molecule has 46 valence electrons. The molecule has 9 heavy (non-hydrogen) atoms. The summed E-state index contributed by atoms with van der Waals surface area (Å²) in [6, 6.07) is 0. The van der Waals surface area contributed by atoms with Gasteiger partial charge in [-0.2, -0.15) is 0 Å². The van der Waals surface area contributed by atoms with Crippen molar-refractivity contribution in [3.05, 3.63) is 17.8 Å². The molecule has 2 aromatic heterocycles. The SMILES string of the molecule is C[n+]1cc2sccn2n1. The van der Waals surface area contributed by atoms with Gasteiger partial charge in [-0.3, -0.25) is 0 Å². The van der Waals surface area contributed by atoms with Crippen molar-refractivity contribution >= 4 is 16.2 Å². The molecule has 4 heteroatoms. The van der Waals surface area contributed by atoms with Gasteiger partial charge in [0.15, 0.2) is 6.20 Å². The number of nitrogens with zero attached hydrogens (tertiary/aromatic N) is 3. The Morgan fingerprint density at radius 1 is 1.78 bits per heavy atom. The van der Waals surface area contributed by atoms with Gasteiger partial charge in [0.05, 0.1) is 5.21 Å². The number of rotatable bonds is 0. The van der Waals surface area contributed by atoms with Crippen molar-refractivity contribution in [1.29, 1.82) is 0 Å². The van der Waals surface area contributed by atoms with Crippen LogP contribution in [0, 0.1) is 0 Å². The van der Waals surface area contributed by atoms with Gasteiger partial charge < -0.3 is 0 Å². The van der Waals surface area contributed by atoms with Crippen LogP contribution in [-0.4, -0.2) is 9.73 Å². The smallest absolute Gasteiger partial charge is 0.139 e. The van der Waals surface area contributed by atoms with Gasteiger partial charge in [0.2, 0.25) is 0 Å². The minimum atomic E-state index is 1.18. The summed E-state index contributed by atoms with van der Waals surface area (Å²) >= 11 is 1.69. The van der Waals surface area contributed by atoms with E-state index in [2.05, 4.69) is 5.21 Å². The lowest BCUT2D eigenvalue weighted by molar-refractivity contribution is -0.731. The van der Waals surface area contributed by atoms with Crippen molar-refractivity contribution in [3.8, 4) is 0 Å². The number of hydrogen-bond donors (Lipinski definition) is 0. The first-order chi connectivity index (χ1) is 4.36. The average molecular weight is 140 g/mol. The molecule has 0 N–H and O–H groups in total. The van der Waals surface area contributed by atoms with Crippen LogP contribution in [0.2, 0.25) is 0 Å². The highest BCUT2D eigenvalue weighted by molar-refractivity contribution is 7.15. The summed E-state index contributed by atoms with van der Waals surface area (Å²) in [5, 5.41) is 6.13. The van der Waals surface area contributed by atoms with Gasteiger partial charge in [-0.05, 0) is 0 Å². The van der Waals surface area contributed by atoms with Crippen LogP contribution in [0.1, 0.15) is 0 Å². The molecular formula is C5H6N3S+. The Kier molecular flexibility index (Phi) is 0.843. The standard InChI is InChI=1S/C5H6N3S/c1-7-4-5-8(6-7)2-3-9-5/h2-4H,1H3/q+1. The van der Waals surface area contributed by atoms with Crippen molar-refractivity contribution in [3.63, 3.8) is 0 Å². The fraction of sp³-hybridized carbons (Fsp3) is 0.200. The van der Waals surface area contributed by atoms with Gasteiger partial charge >= 0.3 is 0 Å². The minimum absolute atomic E-state index is 1.18. The Balaban J connectivity index is 2.92. The zero-order valence-electron chi connectivity index (χ0n) is 4.98. The minimum Gasteiger partial charge on any atom is -0.139 e. The highest BCUT2D eigenvalue weighted by Gasteiger charge is 2.03. The summed E-state index contributed by atoms with van der Waals surface area (Å²) in [5.74, 6) is 0. The summed E-state index contributed by atoms with van der Waals surface area (Å²) in [7, 11) is 1.92. The van der Waals surface area contributed by atoms with Gasteiger partial charge in [-0.25, -0.2) is 0 Å². The Labute approximate surface area is 56.1 Å². The maximum atomic E-state index is 4.12.